The maximum Gasteiger partial charge on any atom is 0.311 e. The number of anilines is 2. The van der Waals surface area contributed by atoms with Crippen LogP contribution < -0.4 is 10.2 Å². The van der Waals surface area contributed by atoms with Crippen molar-refractivity contribution in [3.05, 3.63) is 59.7 Å². The van der Waals surface area contributed by atoms with Gasteiger partial charge in [0.2, 0.25) is 5.91 Å². The number of carbonyl (C=O) groups is 3. The standard InChI is InChI=1S/C21H22N2O4/c1-14-7-6-10-18(15(14)2)23-12-16(11-20(23)25)21(26)27-13-19(24)22-17-8-4-3-5-9-17/h3-10,16H,11-13H2,1-2H3,(H,22,24)/t16-/m1/s1. The van der Waals surface area contributed by atoms with Crippen LogP contribution in [-0.4, -0.2) is 30.9 Å². The molecule has 1 fully saturated rings. The first-order valence-electron chi connectivity index (χ1n) is 8.84. The molecule has 0 unspecified atom stereocenters. The number of esters is 1. The molecule has 1 saturated heterocycles. The second kappa shape index (κ2) is 8.03. The minimum atomic E-state index is -0.568. The van der Waals surface area contributed by atoms with Gasteiger partial charge in [0.15, 0.2) is 6.61 Å². The molecule has 0 spiro atoms. The molecule has 2 amide bonds. The number of aryl methyl sites for hydroxylation is 1. The van der Waals surface area contributed by atoms with Crippen molar-refractivity contribution in [2.45, 2.75) is 20.3 Å². The Bertz CT molecular complexity index is 864. The van der Waals surface area contributed by atoms with E-state index in [9.17, 15) is 14.4 Å². The summed E-state index contributed by atoms with van der Waals surface area (Å²) in [4.78, 5) is 38.2. The lowest BCUT2D eigenvalue weighted by Gasteiger charge is -2.20. The fourth-order valence-corrected chi connectivity index (χ4v) is 3.10. The number of nitrogens with zero attached hydrogens (tertiary/aromatic N) is 1. The Kier molecular flexibility index (Phi) is 5.54. The molecule has 0 radical (unpaired) electrons. The van der Waals surface area contributed by atoms with E-state index in [1.807, 2.05) is 38.1 Å². The summed E-state index contributed by atoms with van der Waals surface area (Å²) < 4.78 is 5.12. The summed E-state index contributed by atoms with van der Waals surface area (Å²) in [7, 11) is 0. The second-order valence-corrected chi connectivity index (χ2v) is 6.65. The topological polar surface area (TPSA) is 75.7 Å². The highest BCUT2D eigenvalue weighted by Gasteiger charge is 2.37. The molecule has 0 aromatic heterocycles. The maximum atomic E-state index is 12.4. The van der Waals surface area contributed by atoms with Crippen LogP contribution in [0.3, 0.4) is 0 Å². The Labute approximate surface area is 158 Å². The Balaban J connectivity index is 1.56. The Morgan fingerprint density at radius 2 is 1.85 bits per heavy atom. The van der Waals surface area contributed by atoms with E-state index in [0.717, 1.165) is 16.8 Å². The van der Waals surface area contributed by atoms with Crippen LogP contribution in [0, 0.1) is 19.8 Å². The third-order valence-corrected chi connectivity index (χ3v) is 4.73. The van der Waals surface area contributed by atoms with Crippen molar-refractivity contribution in [2.75, 3.05) is 23.4 Å². The smallest absolute Gasteiger partial charge is 0.311 e. The minimum Gasteiger partial charge on any atom is -0.455 e. The summed E-state index contributed by atoms with van der Waals surface area (Å²) in [6.45, 7) is 3.83. The van der Waals surface area contributed by atoms with Gasteiger partial charge in [0.05, 0.1) is 5.92 Å². The van der Waals surface area contributed by atoms with E-state index in [1.165, 1.54) is 0 Å². The van der Waals surface area contributed by atoms with Crippen LogP contribution in [0.4, 0.5) is 11.4 Å². The SMILES string of the molecule is Cc1cccc(N2C[C@H](C(=O)OCC(=O)Nc3ccccc3)CC2=O)c1C. The summed E-state index contributed by atoms with van der Waals surface area (Å²) in [5.41, 5.74) is 3.55. The molecule has 1 N–H and O–H groups in total. The van der Waals surface area contributed by atoms with Crippen LogP contribution in [0.15, 0.2) is 48.5 Å². The van der Waals surface area contributed by atoms with Crippen LogP contribution in [0.25, 0.3) is 0 Å². The Morgan fingerprint density at radius 3 is 2.59 bits per heavy atom. The molecule has 1 atom stereocenters. The molecule has 0 bridgehead atoms. The summed E-state index contributed by atoms with van der Waals surface area (Å²) >= 11 is 0. The second-order valence-electron chi connectivity index (χ2n) is 6.65. The molecule has 1 heterocycles. The molecule has 1 aliphatic heterocycles. The Hall–Kier alpha value is -3.15. The van der Waals surface area contributed by atoms with Crippen molar-refractivity contribution in [3.63, 3.8) is 0 Å². The van der Waals surface area contributed by atoms with E-state index in [1.54, 1.807) is 29.2 Å². The summed E-state index contributed by atoms with van der Waals surface area (Å²) in [6.07, 6.45) is 0.0898. The molecule has 1 aliphatic rings. The van der Waals surface area contributed by atoms with E-state index in [-0.39, 0.29) is 25.5 Å². The zero-order chi connectivity index (χ0) is 19.4. The van der Waals surface area contributed by atoms with Gasteiger partial charge in [0, 0.05) is 24.3 Å². The summed E-state index contributed by atoms with van der Waals surface area (Å²) in [5.74, 6) is -1.62. The van der Waals surface area contributed by atoms with Crippen molar-refractivity contribution in [1.29, 1.82) is 0 Å². The highest BCUT2D eigenvalue weighted by molar-refractivity contribution is 6.00. The molecule has 0 saturated carbocycles. The van der Waals surface area contributed by atoms with Crippen LogP contribution in [-0.2, 0) is 19.1 Å². The maximum absolute atomic E-state index is 12.4. The predicted octanol–water partition coefficient (Wildman–Crippen LogP) is 2.84. The van der Waals surface area contributed by atoms with E-state index < -0.39 is 17.8 Å². The zero-order valence-corrected chi connectivity index (χ0v) is 15.4. The average molecular weight is 366 g/mol. The molecule has 0 aliphatic carbocycles. The van der Waals surface area contributed by atoms with E-state index in [0.29, 0.717) is 5.69 Å². The molecule has 2 aromatic carbocycles. The van der Waals surface area contributed by atoms with Crippen molar-refractivity contribution < 1.29 is 19.1 Å². The van der Waals surface area contributed by atoms with E-state index >= 15 is 0 Å². The highest BCUT2D eigenvalue weighted by atomic mass is 16.5. The number of benzene rings is 2. The summed E-state index contributed by atoms with van der Waals surface area (Å²) in [6, 6.07) is 14.7. The molecule has 2 aromatic rings. The number of rotatable bonds is 5. The normalized spacial score (nSPS) is 16.3. The van der Waals surface area contributed by atoms with Crippen LogP contribution in [0.2, 0.25) is 0 Å². The van der Waals surface area contributed by atoms with Gasteiger partial charge in [-0.2, -0.15) is 0 Å². The third kappa shape index (κ3) is 4.34. The van der Waals surface area contributed by atoms with Gasteiger partial charge in [-0.3, -0.25) is 14.4 Å². The van der Waals surface area contributed by atoms with Crippen molar-refractivity contribution in [3.8, 4) is 0 Å². The number of ether oxygens (including phenoxy) is 1. The molecule has 140 valence electrons. The van der Waals surface area contributed by atoms with Crippen LogP contribution >= 0.6 is 0 Å². The minimum absolute atomic E-state index is 0.0898. The largest absolute Gasteiger partial charge is 0.455 e. The fraction of sp³-hybridized carbons (Fsp3) is 0.286. The van der Waals surface area contributed by atoms with Crippen molar-refractivity contribution >= 4 is 29.2 Å². The number of carbonyl (C=O) groups excluding carboxylic acids is 3. The van der Waals surface area contributed by atoms with Gasteiger partial charge in [0.25, 0.3) is 5.91 Å². The van der Waals surface area contributed by atoms with E-state index in [2.05, 4.69) is 5.32 Å². The monoisotopic (exact) mass is 366 g/mol. The first kappa shape index (κ1) is 18.6. The quantitative estimate of drug-likeness (QED) is 0.826. The summed E-state index contributed by atoms with van der Waals surface area (Å²) in [5, 5.41) is 2.65. The average Bonchev–Trinajstić information content (AvgIpc) is 3.04. The molecular weight excluding hydrogens is 344 g/mol. The molecule has 27 heavy (non-hydrogen) atoms. The number of amides is 2. The lowest BCUT2D eigenvalue weighted by molar-refractivity contribution is -0.151. The number of para-hydroxylation sites is 1. The first-order valence-corrected chi connectivity index (χ1v) is 8.84. The lowest BCUT2D eigenvalue weighted by Crippen LogP contribution is -2.28. The van der Waals surface area contributed by atoms with Crippen molar-refractivity contribution in [1.82, 2.24) is 0 Å². The predicted molar refractivity (Wildman–Crippen MR) is 102 cm³/mol. The fourth-order valence-electron chi connectivity index (χ4n) is 3.10. The number of hydrogen-bond acceptors (Lipinski definition) is 4. The van der Waals surface area contributed by atoms with Gasteiger partial charge < -0.3 is 15.0 Å². The van der Waals surface area contributed by atoms with Gasteiger partial charge >= 0.3 is 5.97 Å². The van der Waals surface area contributed by atoms with Gasteiger partial charge in [-0.15, -0.1) is 0 Å². The zero-order valence-electron chi connectivity index (χ0n) is 15.4. The van der Waals surface area contributed by atoms with E-state index in [4.69, 9.17) is 4.74 Å². The van der Waals surface area contributed by atoms with Gasteiger partial charge in [0.1, 0.15) is 0 Å². The first-order chi connectivity index (χ1) is 13.0. The van der Waals surface area contributed by atoms with Gasteiger partial charge in [-0.05, 0) is 43.2 Å². The number of nitrogens with one attached hydrogen (secondary N) is 1. The molecular formula is C21H22N2O4. The molecule has 6 nitrogen and oxygen atoms in total. The van der Waals surface area contributed by atoms with Gasteiger partial charge in [-0.25, -0.2) is 0 Å². The Morgan fingerprint density at radius 1 is 1.11 bits per heavy atom. The number of hydrogen-bond donors (Lipinski definition) is 1. The molecule has 3 rings (SSSR count). The molecule has 6 heteroatoms. The van der Waals surface area contributed by atoms with Crippen LogP contribution in [0.1, 0.15) is 17.5 Å². The highest BCUT2D eigenvalue weighted by Crippen LogP contribution is 2.29. The van der Waals surface area contributed by atoms with Crippen LogP contribution in [0.5, 0.6) is 0 Å². The lowest BCUT2D eigenvalue weighted by atomic mass is 10.1. The third-order valence-electron chi connectivity index (χ3n) is 4.73. The van der Waals surface area contributed by atoms with Crippen molar-refractivity contribution in [2.24, 2.45) is 5.92 Å². The van der Waals surface area contributed by atoms with Gasteiger partial charge in [-0.1, -0.05) is 30.3 Å².